The Morgan fingerprint density at radius 2 is 1.76 bits per heavy atom. The fraction of sp³-hybridized carbons (Fsp3) is 0.0870. The van der Waals surface area contributed by atoms with E-state index in [4.69, 9.17) is 37.1 Å². The van der Waals surface area contributed by atoms with Crippen LogP contribution in [0.4, 0.5) is 13.2 Å². The number of halogens is 6. The van der Waals surface area contributed by atoms with Crippen molar-refractivity contribution in [2.75, 3.05) is 0 Å². The summed E-state index contributed by atoms with van der Waals surface area (Å²) in [6, 6.07) is 15.0. The van der Waals surface area contributed by atoms with Gasteiger partial charge in [-0.3, -0.25) is 4.79 Å². The van der Waals surface area contributed by atoms with Crippen LogP contribution in [0.15, 0.2) is 74.3 Å². The summed E-state index contributed by atoms with van der Waals surface area (Å²) in [5.74, 6) is -2.28. The van der Waals surface area contributed by atoms with Crippen LogP contribution in [-0.2, 0) is 12.8 Å². The van der Waals surface area contributed by atoms with Gasteiger partial charge >= 0.3 is 6.18 Å². The summed E-state index contributed by atoms with van der Waals surface area (Å²) in [4.78, 5) is 12.9. The van der Waals surface area contributed by atoms with Gasteiger partial charge in [0.15, 0.2) is 0 Å². The molecule has 4 nitrogen and oxygen atoms in total. The van der Waals surface area contributed by atoms with E-state index in [9.17, 15) is 18.0 Å². The summed E-state index contributed by atoms with van der Waals surface area (Å²) in [7, 11) is 0. The Bertz CT molecular complexity index is 1400. The van der Waals surface area contributed by atoms with E-state index in [0.29, 0.717) is 20.1 Å². The lowest BCUT2D eigenvalue weighted by Crippen LogP contribution is -2.15. The van der Waals surface area contributed by atoms with Crippen molar-refractivity contribution in [2.45, 2.75) is 12.8 Å². The molecule has 1 heterocycles. The second-order valence-electron chi connectivity index (χ2n) is 6.80. The number of rotatable bonds is 5. The minimum atomic E-state index is -4.97. The molecule has 33 heavy (non-hydrogen) atoms. The highest BCUT2D eigenvalue weighted by atomic mass is 79.9. The molecule has 0 atom stereocenters. The molecule has 0 aliphatic carbocycles. The number of ether oxygens (including phenoxy) is 2. The molecule has 0 spiro atoms. The monoisotopic (exact) mass is 558 g/mol. The third-order valence-electron chi connectivity index (χ3n) is 4.54. The predicted molar refractivity (Wildman–Crippen MR) is 122 cm³/mol. The summed E-state index contributed by atoms with van der Waals surface area (Å²) in [6.07, 6.45) is -4.97. The molecule has 0 amide bonds. The standard InChI is InChI=1S/C23H12BrCl2F3O4/c24-16-3-1-2-4-18(16)32-21-20(30)15-8-7-14(10-19(15)33-22(21)23(27,28)29)31-11-12-5-6-13(25)9-17(12)26/h1-10H,11H2. The maximum atomic E-state index is 13.7. The van der Waals surface area contributed by atoms with E-state index in [1.54, 1.807) is 36.4 Å². The summed E-state index contributed by atoms with van der Waals surface area (Å²) >= 11 is 15.2. The normalized spacial score (nSPS) is 11.6. The van der Waals surface area contributed by atoms with Crippen molar-refractivity contribution in [3.05, 3.63) is 96.7 Å². The van der Waals surface area contributed by atoms with E-state index in [2.05, 4.69) is 15.9 Å². The van der Waals surface area contributed by atoms with Gasteiger partial charge in [-0.1, -0.05) is 41.4 Å². The first-order valence-corrected chi connectivity index (χ1v) is 10.9. The van der Waals surface area contributed by atoms with Crippen molar-refractivity contribution in [1.82, 2.24) is 0 Å². The van der Waals surface area contributed by atoms with Crippen molar-refractivity contribution in [3.8, 4) is 17.2 Å². The van der Waals surface area contributed by atoms with Crippen LogP contribution < -0.4 is 14.9 Å². The highest BCUT2D eigenvalue weighted by molar-refractivity contribution is 9.10. The lowest BCUT2D eigenvalue weighted by Gasteiger charge is -2.14. The van der Waals surface area contributed by atoms with Crippen LogP contribution in [0, 0.1) is 0 Å². The zero-order valence-electron chi connectivity index (χ0n) is 16.4. The minimum absolute atomic E-state index is 0.0289. The molecule has 170 valence electrons. The average molecular weight is 560 g/mol. The number of para-hydroxylation sites is 1. The fourth-order valence-corrected chi connectivity index (χ4v) is 3.79. The van der Waals surface area contributed by atoms with Gasteiger partial charge in [-0.2, -0.15) is 13.2 Å². The van der Waals surface area contributed by atoms with Crippen LogP contribution in [-0.4, -0.2) is 0 Å². The maximum absolute atomic E-state index is 13.7. The molecule has 0 aliphatic heterocycles. The molecule has 1 aromatic heterocycles. The average Bonchev–Trinajstić information content (AvgIpc) is 2.75. The van der Waals surface area contributed by atoms with Crippen molar-refractivity contribution < 1.29 is 27.1 Å². The van der Waals surface area contributed by atoms with Gasteiger partial charge in [0.05, 0.1) is 9.86 Å². The quantitative estimate of drug-likeness (QED) is 0.247. The van der Waals surface area contributed by atoms with Crippen LogP contribution in [0.5, 0.6) is 17.2 Å². The summed E-state index contributed by atoms with van der Waals surface area (Å²) < 4.78 is 57.6. The molecule has 0 bridgehead atoms. The maximum Gasteiger partial charge on any atom is 0.453 e. The number of alkyl halides is 3. The molecule has 0 radical (unpaired) electrons. The number of hydrogen-bond acceptors (Lipinski definition) is 4. The van der Waals surface area contributed by atoms with Crippen LogP contribution in [0.3, 0.4) is 0 Å². The minimum Gasteiger partial charge on any atom is -0.489 e. The Hall–Kier alpha value is -2.68. The third-order valence-corrected chi connectivity index (χ3v) is 5.78. The zero-order chi connectivity index (χ0) is 23.8. The Labute approximate surface area is 203 Å². The molecule has 3 aromatic carbocycles. The van der Waals surface area contributed by atoms with Gasteiger partial charge in [0.1, 0.15) is 23.7 Å². The second kappa shape index (κ2) is 9.29. The first-order valence-electron chi connectivity index (χ1n) is 9.30. The van der Waals surface area contributed by atoms with Crippen LogP contribution in [0.1, 0.15) is 11.3 Å². The molecule has 10 heteroatoms. The van der Waals surface area contributed by atoms with Crippen LogP contribution >= 0.6 is 39.1 Å². The predicted octanol–water partition coefficient (Wildman–Crippen LogP) is 8.25. The van der Waals surface area contributed by atoms with E-state index in [1.165, 1.54) is 24.3 Å². The van der Waals surface area contributed by atoms with E-state index in [1.807, 2.05) is 0 Å². The zero-order valence-corrected chi connectivity index (χ0v) is 19.5. The lowest BCUT2D eigenvalue weighted by atomic mass is 10.2. The van der Waals surface area contributed by atoms with Crippen LogP contribution in [0.2, 0.25) is 10.0 Å². The van der Waals surface area contributed by atoms with Gasteiger partial charge in [0, 0.05) is 21.7 Å². The van der Waals surface area contributed by atoms with E-state index < -0.39 is 23.1 Å². The van der Waals surface area contributed by atoms with Gasteiger partial charge in [-0.15, -0.1) is 0 Å². The Morgan fingerprint density at radius 1 is 1.00 bits per heavy atom. The molecule has 0 unspecified atom stereocenters. The highest BCUT2D eigenvalue weighted by Gasteiger charge is 2.40. The molecule has 0 saturated carbocycles. The number of fused-ring (bicyclic) bond motifs is 1. The van der Waals surface area contributed by atoms with Crippen molar-refractivity contribution in [2.24, 2.45) is 0 Å². The summed E-state index contributed by atoms with van der Waals surface area (Å²) in [5.41, 5.74) is -0.645. The smallest absolute Gasteiger partial charge is 0.453 e. The SMILES string of the molecule is O=c1c(Oc2ccccc2Br)c(C(F)(F)F)oc2cc(OCc3ccc(Cl)cc3Cl)ccc12. The highest BCUT2D eigenvalue weighted by Crippen LogP contribution is 2.40. The van der Waals surface area contributed by atoms with Crippen molar-refractivity contribution in [1.29, 1.82) is 0 Å². The van der Waals surface area contributed by atoms with Gasteiger partial charge < -0.3 is 13.9 Å². The molecule has 0 saturated heterocycles. The molecule has 4 rings (SSSR count). The number of hydrogen-bond donors (Lipinski definition) is 0. The van der Waals surface area contributed by atoms with Gasteiger partial charge in [0.2, 0.25) is 11.2 Å². The molecule has 4 aromatic rings. The van der Waals surface area contributed by atoms with E-state index >= 15 is 0 Å². The molecule has 0 fully saturated rings. The lowest BCUT2D eigenvalue weighted by molar-refractivity contribution is -0.154. The van der Waals surface area contributed by atoms with Crippen molar-refractivity contribution in [3.63, 3.8) is 0 Å². The van der Waals surface area contributed by atoms with Gasteiger partial charge in [-0.05, 0) is 52.3 Å². The summed E-state index contributed by atoms with van der Waals surface area (Å²) in [5, 5.41) is 0.737. The Morgan fingerprint density at radius 3 is 2.45 bits per heavy atom. The first kappa shape index (κ1) is 23.5. The largest absolute Gasteiger partial charge is 0.489 e. The van der Waals surface area contributed by atoms with Gasteiger partial charge in [0.25, 0.3) is 5.76 Å². The second-order valence-corrected chi connectivity index (χ2v) is 8.50. The first-order chi connectivity index (χ1) is 15.6. The van der Waals surface area contributed by atoms with Gasteiger partial charge in [-0.25, -0.2) is 0 Å². The Kier molecular flexibility index (Phi) is 6.61. The fourth-order valence-electron chi connectivity index (χ4n) is 2.96. The molecule has 0 aliphatic rings. The van der Waals surface area contributed by atoms with Crippen LogP contribution in [0.25, 0.3) is 11.0 Å². The summed E-state index contributed by atoms with van der Waals surface area (Å²) in [6.45, 7) is 0.0289. The third kappa shape index (κ3) is 5.13. The van der Waals surface area contributed by atoms with Crippen molar-refractivity contribution >= 4 is 50.1 Å². The van der Waals surface area contributed by atoms with E-state index in [0.717, 1.165) is 0 Å². The molecular weight excluding hydrogens is 548 g/mol. The molecule has 0 N–H and O–H groups in total. The Balaban J connectivity index is 1.73. The molecular formula is C23H12BrCl2F3O4. The van der Waals surface area contributed by atoms with E-state index in [-0.39, 0.29) is 29.1 Å². The number of benzene rings is 3. The topological polar surface area (TPSA) is 48.7 Å².